The maximum absolute atomic E-state index is 11.6. The zero-order chi connectivity index (χ0) is 13.1. The number of hydrogen-bond donors (Lipinski definition) is 0. The molecule has 0 unspecified atom stereocenters. The lowest BCUT2D eigenvalue weighted by Crippen LogP contribution is -1.97. The van der Waals surface area contributed by atoms with E-state index in [0.29, 0.717) is 17.1 Å². The van der Waals surface area contributed by atoms with E-state index in [4.69, 9.17) is 4.74 Å². The van der Waals surface area contributed by atoms with Crippen molar-refractivity contribution < 1.29 is 9.53 Å². The number of rotatable bonds is 3. The van der Waals surface area contributed by atoms with Gasteiger partial charge in [0.15, 0.2) is 5.78 Å². The second-order valence-corrected chi connectivity index (χ2v) is 5.59. The fourth-order valence-corrected chi connectivity index (χ4v) is 2.26. The second-order valence-electron chi connectivity index (χ2n) is 3.76. The molecular weight excluding hydrogens is 360 g/mol. The van der Waals surface area contributed by atoms with Crippen LogP contribution in [-0.2, 0) is 0 Å². The Balaban J connectivity index is 2.37. The van der Waals surface area contributed by atoms with E-state index in [1.54, 1.807) is 12.1 Å². The van der Waals surface area contributed by atoms with Crippen LogP contribution in [0.3, 0.4) is 0 Å². The molecule has 0 aliphatic rings. The van der Waals surface area contributed by atoms with Crippen LogP contribution in [0.4, 0.5) is 0 Å². The Morgan fingerprint density at radius 2 is 1.78 bits per heavy atom. The van der Waals surface area contributed by atoms with Crippen LogP contribution in [0.2, 0.25) is 0 Å². The van der Waals surface area contributed by atoms with Gasteiger partial charge in [-0.25, -0.2) is 0 Å². The number of halogens is 2. The highest BCUT2D eigenvalue weighted by Gasteiger charge is 2.10. The van der Waals surface area contributed by atoms with Crippen LogP contribution in [0.1, 0.15) is 17.3 Å². The monoisotopic (exact) mass is 368 g/mol. The Morgan fingerprint density at radius 1 is 1.06 bits per heavy atom. The molecule has 0 N–H and O–H groups in total. The average molecular weight is 370 g/mol. The Kier molecular flexibility index (Phi) is 4.19. The van der Waals surface area contributed by atoms with Crippen LogP contribution in [0.15, 0.2) is 51.4 Å². The molecule has 0 fully saturated rings. The summed E-state index contributed by atoms with van der Waals surface area (Å²) in [6.07, 6.45) is 0. The average Bonchev–Trinajstić information content (AvgIpc) is 2.31. The van der Waals surface area contributed by atoms with Gasteiger partial charge in [-0.05, 0) is 43.3 Å². The maximum Gasteiger partial charge on any atom is 0.163 e. The van der Waals surface area contributed by atoms with E-state index in [1.807, 2.05) is 30.3 Å². The summed E-state index contributed by atoms with van der Waals surface area (Å²) in [5, 5.41) is 0. The van der Waals surface area contributed by atoms with Gasteiger partial charge in [0.1, 0.15) is 11.5 Å². The predicted octanol–water partition coefficient (Wildman–Crippen LogP) is 5.21. The van der Waals surface area contributed by atoms with Gasteiger partial charge in [0.05, 0.1) is 5.56 Å². The summed E-state index contributed by atoms with van der Waals surface area (Å²) in [5.41, 5.74) is 0.560. The number of hydrogen-bond acceptors (Lipinski definition) is 2. The molecule has 0 bridgehead atoms. The number of carbonyl (C=O) groups excluding carboxylic acids is 1. The van der Waals surface area contributed by atoms with Gasteiger partial charge in [-0.2, -0.15) is 0 Å². The van der Waals surface area contributed by atoms with Gasteiger partial charge in [-0.3, -0.25) is 4.79 Å². The summed E-state index contributed by atoms with van der Waals surface area (Å²) in [4.78, 5) is 11.6. The fourth-order valence-electron chi connectivity index (χ4n) is 1.52. The van der Waals surface area contributed by atoms with Gasteiger partial charge in [0.25, 0.3) is 0 Å². The third-order valence-electron chi connectivity index (χ3n) is 2.34. The minimum Gasteiger partial charge on any atom is -0.457 e. The van der Waals surface area contributed by atoms with E-state index >= 15 is 0 Å². The van der Waals surface area contributed by atoms with Gasteiger partial charge < -0.3 is 4.74 Å². The summed E-state index contributed by atoms with van der Waals surface area (Å²) in [5.74, 6) is 1.22. The van der Waals surface area contributed by atoms with Crippen LogP contribution in [0, 0.1) is 0 Å². The summed E-state index contributed by atoms with van der Waals surface area (Å²) < 4.78 is 7.52. The number of ketones is 1. The van der Waals surface area contributed by atoms with Gasteiger partial charge in [0, 0.05) is 8.95 Å². The molecule has 92 valence electrons. The highest BCUT2D eigenvalue weighted by atomic mass is 79.9. The number of Topliss-reactive ketones (excluding diaryl/α,β-unsaturated/α-hetero) is 1. The number of benzene rings is 2. The van der Waals surface area contributed by atoms with E-state index in [0.717, 1.165) is 8.95 Å². The number of carbonyl (C=O) groups is 1. The molecular formula is C14H10Br2O2. The SMILES string of the molecule is CC(=O)c1cc(Br)ccc1Oc1cccc(Br)c1. The van der Waals surface area contributed by atoms with Crippen LogP contribution in [0.5, 0.6) is 11.5 Å². The Labute approximate surface area is 122 Å². The zero-order valence-corrected chi connectivity index (χ0v) is 12.8. The minimum atomic E-state index is -0.0266. The highest BCUT2D eigenvalue weighted by Crippen LogP contribution is 2.29. The zero-order valence-electron chi connectivity index (χ0n) is 9.61. The lowest BCUT2D eigenvalue weighted by Gasteiger charge is -2.10. The van der Waals surface area contributed by atoms with E-state index in [2.05, 4.69) is 31.9 Å². The van der Waals surface area contributed by atoms with Crippen molar-refractivity contribution in [1.82, 2.24) is 0 Å². The van der Waals surface area contributed by atoms with Crippen LogP contribution in [-0.4, -0.2) is 5.78 Å². The number of ether oxygens (including phenoxy) is 1. The van der Waals surface area contributed by atoms with Crippen molar-refractivity contribution in [3.8, 4) is 11.5 Å². The van der Waals surface area contributed by atoms with Crippen LogP contribution >= 0.6 is 31.9 Å². The molecule has 18 heavy (non-hydrogen) atoms. The van der Waals surface area contributed by atoms with Crippen molar-refractivity contribution >= 4 is 37.6 Å². The molecule has 2 rings (SSSR count). The van der Waals surface area contributed by atoms with E-state index in [1.165, 1.54) is 6.92 Å². The molecule has 0 aromatic heterocycles. The first kappa shape index (κ1) is 13.3. The first-order valence-electron chi connectivity index (χ1n) is 5.30. The molecule has 0 atom stereocenters. The lowest BCUT2D eigenvalue weighted by molar-refractivity contribution is 0.101. The topological polar surface area (TPSA) is 26.3 Å². The molecule has 2 nitrogen and oxygen atoms in total. The maximum atomic E-state index is 11.6. The molecule has 0 aliphatic heterocycles. The van der Waals surface area contributed by atoms with E-state index < -0.39 is 0 Å². The van der Waals surface area contributed by atoms with Crippen LogP contribution < -0.4 is 4.74 Å². The molecule has 4 heteroatoms. The molecule has 2 aromatic carbocycles. The Morgan fingerprint density at radius 3 is 2.44 bits per heavy atom. The smallest absolute Gasteiger partial charge is 0.163 e. The molecule has 0 radical (unpaired) electrons. The molecule has 0 heterocycles. The predicted molar refractivity (Wildman–Crippen MR) is 78.4 cm³/mol. The second kappa shape index (κ2) is 5.67. The summed E-state index contributed by atoms with van der Waals surface area (Å²) in [6.45, 7) is 1.52. The summed E-state index contributed by atoms with van der Waals surface area (Å²) >= 11 is 6.73. The molecule has 0 saturated heterocycles. The van der Waals surface area contributed by atoms with Crippen molar-refractivity contribution in [2.24, 2.45) is 0 Å². The lowest BCUT2D eigenvalue weighted by atomic mass is 10.1. The molecule has 0 saturated carbocycles. The molecule has 2 aromatic rings. The highest BCUT2D eigenvalue weighted by molar-refractivity contribution is 9.10. The first-order valence-corrected chi connectivity index (χ1v) is 6.89. The van der Waals surface area contributed by atoms with Gasteiger partial charge >= 0.3 is 0 Å². The van der Waals surface area contributed by atoms with Gasteiger partial charge in [-0.15, -0.1) is 0 Å². The van der Waals surface area contributed by atoms with Crippen LogP contribution in [0.25, 0.3) is 0 Å². The minimum absolute atomic E-state index is 0.0266. The standard InChI is InChI=1S/C14H10Br2O2/c1-9(17)13-8-11(16)5-6-14(13)18-12-4-2-3-10(15)7-12/h2-8H,1H3. The molecule has 0 aliphatic carbocycles. The van der Waals surface area contributed by atoms with Crippen molar-refractivity contribution in [3.05, 3.63) is 57.0 Å². The quantitative estimate of drug-likeness (QED) is 0.694. The van der Waals surface area contributed by atoms with Gasteiger partial charge in [-0.1, -0.05) is 37.9 Å². The van der Waals surface area contributed by atoms with Crippen molar-refractivity contribution in [3.63, 3.8) is 0 Å². The molecule has 0 amide bonds. The van der Waals surface area contributed by atoms with Crippen molar-refractivity contribution in [1.29, 1.82) is 0 Å². The van der Waals surface area contributed by atoms with Crippen molar-refractivity contribution in [2.75, 3.05) is 0 Å². The fraction of sp³-hybridized carbons (Fsp3) is 0.0714. The summed E-state index contributed by atoms with van der Waals surface area (Å²) in [6, 6.07) is 12.9. The molecule has 0 spiro atoms. The van der Waals surface area contributed by atoms with Crippen molar-refractivity contribution in [2.45, 2.75) is 6.92 Å². The largest absolute Gasteiger partial charge is 0.457 e. The summed E-state index contributed by atoms with van der Waals surface area (Å²) in [7, 11) is 0. The third-order valence-corrected chi connectivity index (χ3v) is 3.33. The first-order chi connectivity index (χ1) is 8.56. The normalized spacial score (nSPS) is 10.2. The Hall–Kier alpha value is -1.13. The van der Waals surface area contributed by atoms with E-state index in [9.17, 15) is 4.79 Å². The third kappa shape index (κ3) is 3.21. The van der Waals surface area contributed by atoms with E-state index in [-0.39, 0.29) is 5.78 Å². The van der Waals surface area contributed by atoms with Gasteiger partial charge in [0.2, 0.25) is 0 Å². The Bertz CT molecular complexity index is 594.